The Morgan fingerprint density at radius 1 is 1.31 bits per heavy atom. The predicted octanol–water partition coefficient (Wildman–Crippen LogP) is 0.899. The molecule has 3 N–H and O–H groups in total. The number of nitrogens with one attached hydrogen (secondary N) is 1. The summed E-state index contributed by atoms with van der Waals surface area (Å²) in [5, 5.41) is 17.5. The number of thiazole rings is 1. The van der Waals surface area contributed by atoms with Gasteiger partial charge in [-0.1, -0.05) is 0 Å². The van der Waals surface area contributed by atoms with Crippen LogP contribution in [0.5, 0.6) is 0 Å². The summed E-state index contributed by atoms with van der Waals surface area (Å²) < 4.78 is 5.94. The molecule has 11 heteroatoms. The van der Waals surface area contributed by atoms with Gasteiger partial charge in [-0.2, -0.15) is 15.3 Å². The first-order chi connectivity index (χ1) is 14.0. The first-order valence-electron chi connectivity index (χ1n) is 9.08. The van der Waals surface area contributed by atoms with Gasteiger partial charge < -0.3 is 10.3 Å². The molecular weight excluding hydrogens is 390 g/mol. The molecule has 0 aliphatic heterocycles. The number of nitrogens with two attached hydrogens (primary N) is 1. The fourth-order valence-electron chi connectivity index (χ4n) is 3.60. The van der Waals surface area contributed by atoms with Gasteiger partial charge in [0, 0.05) is 56.1 Å². The molecule has 0 fully saturated rings. The lowest BCUT2D eigenvalue weighted by atomic mass is 10.2. The highest BCUT2D eigenvalue weighted by molar-refractivity contribution is 7.19. The molecule has 5 rings (SSSR count). The van der Waals surface area contributed by atoms with E-state index in [9.17, 15) is 4.79 Å². The van der Waals surface area contributed by atoms with Crippen molar-refractivity contribution >= 4 is 32.6 Å². The summed E-state index contributed by atoms with van der Waals surface area (Å²) in [4.78, 5) is 17.9. The Bertz CT molecular complexity index is 1390. The van der Waals surface area contributed by atoms with Crippen LogP contribution in [0.3, 0.4) is 0 Å². The van der Waals surface area contributed by atoms with E-state index in [-0.39, 0.29) is 12.1 Å². The second-order valence-electron chi connectivity index (χ2n) is 6.93. The summed E-state index contributed by atoms with van der Waals surface area (Å²) >= 11 is 1.57. The monoisotopic (exact) mass is 409 g/mol. The van der Waals surface area contributed by atoms with Crippen LogP contribution in [-0.4, -0.2) is 39.3 Å². The molecule has 0 spiro atoms. The summed E-state index contributed by atoms with van der Waals surface area (Å²) in [6, 6.07) is 1.93. The van der Waals surface area contributed by atoms with Crippen LogP contribution in [-0.2, 0) is 33.6 Å². The van der Waals surface area contributed by atoms with Crippen molar-refractivity contribution in [2.75, 3.05) is 0 Å². The van der Waals surface area contributed by atoms with Crippen molar-refractivity contribution in [2.45, 2.75) is 19.5 Å². The number of aryl methyl sites for hydroxylation is 2. The zero-order chi connectivity index (χ0) is 20.1. The van der Waals surface area contributed by atoms with Crippen LogP contribution >= 0.6 is 11.3 Å². The molecule has 10 nitrogen and oxygen atoms in total. The van der Waals surface area contributed by atoms with E-state index in [1.54, 1.807) is 28.4 Å². The highest BCUT2D eigenvalue weighted by atomic mass is 32.1. The van der Waals surface area contributed by atoms with Gasteiger partial charge in [-0.15, -0.1) is 11.3 Å². The third kappa shape index (κ3) is 2.86. The summed E-state index contributed by atoms with van der Waals surface area (Å²) in [5.74, 6) is 0. The molecule has 148 valence electrons. The fourth-order valence-corrected chi connectivity index (χ4v) is 4.72. The van der Waals surface area contributed by atoms with Crippen molar-refractivity contribution in [3.8, 4) is 0 Å². The molecule has 5 heterocycles. The second-order valence-corrected chi connectivity index (χ2v) is 8.01. The zero-order valence-electron chi connectivity index (χ0n) is 16.0. The van der Waals surface area contributed by atoms with Crippen LogP contribution in [0.2, 0.25) is 0 Å². The quantitative estimate of drug-likeness (QED) is 0.444. The molecule has 29 heavy (non-hydrogen) atoms. The molecule has 0 bridgehead atoms. The minimum Gasteiger partial charge on any atom is -0.326 e. The smallest absolute Gasteiger partial charge is 0.291 e. The van der Waals surface area contributed by atoms with Crippen LogP contribution < -0.4 is 11.3 Å². The van der Waals surface area contributed by atoms with E-state index in [2.05, 4.69) is 20.4 Å². The van der Waals surface area contributed by atoms with E-state index in [0.717, 1.165) is 37.7 Å². The maximum absolute atomic E-state index is 13.1. The van der Waals surface area contributed by atoms with E-state index in [4.69, 9.17) is 10.7 Å². The summed E-state index contributed by atoms with van der Waals surface area (Å²) in [5.41, 5.74) is 9.65. The number of aromatic amines is 1. The average molecular weight is 409 g/mol. The molecular formula is C18H19N9OS. The molecule has 0 saturated carbocycles. The van der Waals surface area contributed by atoms with E-state index >= 15 is 0 Å². The Hall–Kier alpha value is -3.31. The number of rotatable bonds is 5. The van der Waals surface area contributed by atoms with Crippen LogP contribution in [0.4, 0.5) is 0 Å². The molecule has 5 aromatic rings. The third-order valence-corrected chi connectivity index (χ3v) is 6.06. The SMILES string of the molecule is Cn1cc(CN)c(Cn2ncc3c4sc(Cc5ccn[nH]5)nc4n(C)c3c2=O)n1. The van der Waals surface area contributed by atoms with Gasteiger partial charge in [0.05, 0.1) is 23.1 Å². The Labute approximate surface area is 168 Å². The Kier molecular flexibility index (Phi) is 4.07. The fraction of sp³-hybridized carbons (Fsp3) is 0.278. The number of nitrogens with zero attached hydrogens (tertiary/aromatic N) is 7. The van der Waals surface area contributed by atoms with Crippen molar-refractivity contribution in [1.29, 1.82) is 0 Å². The minimum absolute atomic E-state index is 0.168. The molecule has 0 aromatic carbocycles. The van der Waals surface area contributed by atoms with Gasteiger partial charge >= 0.3 is 0 Å². The van der Waals surface area contributed by atoms with E-state index in [1.165, 1.54) is 4.68 Å². The normalized spacial score (nSPS) is 11.8. The number of hydrogen-bond acceptors (Lipinski definition) is 7. The highest BCUT2D eigenvalue weighted by Gasteiger charge is 2.19. The van der Waals surface area contributed by atoms with Gasteiger partial charge in [-0.05, 0) is 6.07 Å². The first kappa shape index (κ1) is 17.8. The van der Waals surface area contributed by atoms with E-state index in [1.807, 2.05) is 30.9 Å². The van der Waals surface area contributed by atoms with Crippen molar-refractivity contribution in [1.82, 2.24) is 39.3 Å². The van der Waals surface area contributed by atoms with Crippen molar-refractivity contribution in [3.63, 3.8) is 0 Å². The highest BCUT2D eigenvalue weighted by Crippen LogP contribution is 2.31. The molecule has 0 unspecified atom stereocenters. The molecule has 0 atom stereocenters. The lowest BCUT2D eigenvalue weighted by Crippen LogP contribution is -2.25. The number of fused-ring (bicyclic) bond motifs is 3. The van der Waals surface area contributed by atoms with E-state index < -0.39 is 0 Å². The summed E-state index contributed by atoms with van der Waals surface area (Å²) in [7, 11) is 3.70. The van der Waals surface area contributed by atoms with Crippen LogP contribution in [0.1, 0.15) is 22.0 Å². The Morgan fingerprint density at radius 2 is 2.17 bits per heavy atom. The topological polar surface area (TPSA) is 125 Å². The van der Waals surface area contributed by atoms with Crippen LogP contribution in [0.25, 0.3) is 21.3 Å². The molecule has 0 radical (unpaired) electrons. The standard InChI is InChI=1S/C18H19N9OS/c1-25-8-10(6-19)13(24-25)9-27-18(28)15-12(7-21-27)16-17(26(15)2)22-14(29-16)5-11-3-4-20-23-11/h3-4,7-8H,5-6,9,19H2,1-2H3,(H,20,23). The molecule has 5 aromatic heterocycles. The molecule has 0 aliphatic rings. The zero-order valence-corrected chi connectivity index (χ0v) is 16.8. The maximum atomic E-state index is 13.1. The Balaban J connectivity index is 1.58. The summed E-state index contributed by atoms with van der Waals surface area (Å²) in [6.45, 7) is 0.641. The summed E-state index contributed by atoms with van der Waals surface area (Å²) in [6.07, 6.45) is 6.00. The average Bonchev–Trinajstić information content (AvgIpc) is 3.46. The lowest BCUT2D eigenvalue weighted by Gasteiger charge is -2.05. The van der Waals surface area contributed by atoms with Gasteiger partial charge in [0.15, 0.2) is 5.65 Å². The van der Waals surface area contributed by atoms with Gasteiger partial charge in [0.25, 0.3) is 5.56 Å². The van der Waals surface area contributed by atoms with Crippen molar-refractivity contribution < 1.29 is 0 Å². The van der Waals surface area contributed by atoms with Crippen LogP contribution in [0.15, 0.2) is 29.5 Å². The number of hydrogen-bond donors (Lipinski definition) is 2. The van der Waals surface area contributed by atoms with Gasteiger partial charge in [0.1, 0.15) is 10.5 Å². The number of aromatic nitrogens is 8. The van der Waals surface area contributed by atoms with Crippen molar-refractivity contribution in [2.24, 2.45) is 19.8 Å². The first-order valence-corrected chi connectivity index (χ1v) is 9.90. The third-order valence-electron chi connectivity index (χ3n) is 4.98. The van der Waals surface area contributed by atoms with Gasteiger partial charge in [0.2, 0.25) is 0 Å². The second kappa shape index (κ2) is 6.64. The maximum Gasteiger partial charge on any atom is 0.291 e. The lowest BCUT2D eigenvalue weighted by molar-refractivity contribution is 0.616. The minimum atomic E-state index is -0.168. The van der Waals surface area contributed by atoms with Crippen LogP contribution in [0, 0.1) is 0 Å². The van der Waals surface area contributed by atoms with Gasteiger partial charge in [-0.25, -0.2) is 9.67 Å². The molecule has 0 aliphatic carbocycles. The molecule has 0 saturated heterocycles. The number of H-pyrrole nitrogens is 1. The van der Waals surface area contributed by atoms with Crippen molar-refractivity contribution in [3.05, 3.63) is 57.0 Å². The van der Waals surface area contributed by atoms with Gasteiger partial charge in [-0.3, -0.25) is 14.6 Å². The predicted molar refractivity (Wildman–Crippen MR) is 110 cm³/mol. The molecule has 0 amide bonds. The largest absolute Gasteiger partial charge is 0.326 e. The Morgan fingerprint density at radius 3 is 2.93 bits per heavy atom. The van der Waals surface area contributed by atoms with E-state index in [0.29, 0.717) is 18.5 Å².